The Hall–Kier alpha value is -1.18. The van der Waals surface area contributed by atoms with E-state index in [1.54, 1.807) is 0 Å². The molecule has 158 valence electrons. The highest BCUT2D eigenvalue weighted by molar-refractivity contribution is 7.59. The third-order valence-corrected chi connectivity index (χ3v) is 5.98. The fourth-order valence-corrected chi connectivity index (χ4v) is 4.27. The lowest BCUT2D eigenvalue weighted by Gasteiger charge is -2.24. The molecule has 0 saturated carbocycles. The van der Waals surface area contributed by atoms with Gasteiger partial charge < -0.3 is 9.79 Å². The summed E-state index contributed by atoms with van der Waals surface area (Å²) in [5.41, 5.74) is 1.29. The minimum atomic E-state index is -1.80. The Bertz CT molecular complexity index is 583. The van der Waals surface area contributed by atoms with Crippen LogP contribution in [0.3, 0.4) is 0 Å². The summed E-state index contributed by atoms with van der Waals surface area (Å²) in [6.07, 6.45) is 8.83. The van der Waals surface area contributed by atoms with E-state index >= 15 is 0 Å². The summed E-state index contributed by atoms with van der Waals surface area (Å²) in [4.78, 5) is 27.1. The molecule has 0 spiro atoms. The van der Waals surface area contributed by atoms with Gasteiger partial charge in [-0.25, -0.2) is 0 Å². The second kappa shape index (κ2) is 13.9. The molecule has 3 nitrogen and oxygen atoms in total. The predicted molar refractivity (Wildman–Crippen MR) is 122 cm³/mol. The highest BCUT2D eigenvalue weighted by atomic mass is 31.1. The molecule has 0 N–H and O–H groups in total. The average Bonchev–Trinajstić information content (AvgIpc) is 2.63. The van der Waals surface area contributed by atoms with Crippen LogP contribution in [0.25, 0.3) is 0 Å². The fourth-order valence-electron chi connectivity index (χ4n) is 3.31. The average molecular weight is 406 g/mol. The van der Waals surface area contributed by atoms with E-state index in [4.69, 9.17) is 0 Å². The van der Waals surface area contributed by atoms with Gasteiger partial charge in [-0.1, -0.05) is 78.9 Å². The van der Waals surface area contributed by atoms with Crippen molar-refractivity contribution in [2.24, 2.45) is 11.8 Å². The number of carbonyl (C=O) groups is 1. The van der Waals surface area contributed by atoms with Crippen molar-refractivity contribution in [3.05, 3.63) is 29.8 Å². The van der Waals surface area contributed by atoms with Gasteiger partial charge in [0.25, 0.3) is 5.91 Å². The lowest BCUT2D eigenvalue weighted by molar-refractivity contribution is -0.149. The molecule has 1 amide bonds. The summed E-state index contributed by atoms with van der Waals surface area (Å²) in [6, 6.07) is 7.97. The largest absolute Gasteiger partial charge is 0.626 e. The minimum absolute atomic E-state index is 0.111. The highest BCUT2D eigenvalue weighted by Crippen LogP contribution is 2.14. The van der Waals surface area contributed by atoms with Gasteiger partial charge in [0.1, 0.15) is 5.30 Å². The van der Waals surface area contributed by atoms with Gasteiger partial charge in [0.05, 0.1) is 7.77 Å². The molecule has 1 unspecified atom stereocenters. The van der Waals surface area contributed by atoms with Gasteiger partial charge >= 0.3 is 0 Å². The Kier molecular flexibility index (Phi) is 12.3. The zero-order valence-electron chi connectivity index (χ0n) is 18.6. The Labute approximate surface area is 174 Å². The first-order valence-corrected chi connectivity index (χ1v) is 12.3. The number of benzene rings is 1. The maximum absolute atomic E-state index is 12.6. The van der Waals surface area contributed by atoms with Gasteiger partial charge in [-0.3, -0.25) is 4.79 Å². The molecule has 0 heterocycles. The molecule has 0 aliphatic carbocycles. The molecule has 0 aliphatic heterocycles. The Balaban J connectivity index is 2.61. The number of carbonyl (C=O) groups excluding carboxylic acids is 1. The number of aryl methyl sites for hydroxylation is 1. The quantitative estimate of drug-likeness (QED) is 0.345. The van der Waals surface area contributed by atoms with Gasteiger partial charge in [-0.15, -0.1) is 0 Å². The topological polar surface area (TPSA) is 43.4 Å². The van der Waals surface area contributed by atoms with E-state index in [1.165, 1.54) is 49.9 Å². The molecule has 0 fully saturated rings. The van der Waals surface area contributed by atoms with Crippen molar-refractivity contribution >= 4 is 24.8 Å². The molecular formula is C24H40NO2P. The summed E-state index contributed by atoms with van der Waals surface area (Å²) in [5.74, 6) is 2.09. The van der Waals surface area contributed by atoms with Gasteiger partial charge in [0, 0.05) is 13.1 Å². The van der Waals surface area contributed by atoms with Crippen molar-refractivity contribution < 1.29 is 9.69 Å². The van der Waals surface area contributed by atoms with Gasteiger partial charge in [0.2, 0.25) is 0 Å². The fraction of sp³-hybridized carbons (Fsp3) is 0.667. The van der Waals surface area contributed by atoms with E-state index in [9.17, 15) is 9.69 Å². The van der Waals surface area contributed by atoms with Crippen LogP contribution in [0.5, 0.6) is 0 Å². The monoisotopic (exact) mass is 405 g/mol. The first-order valence-electron chi connectivity index (χ1n) is 11.0. The van der Waals surface area contributed by atoms with Crippen LogP contribution >= 0.6 is 7.77 Å². The van der Waals surface area contributed by atoms with Crippen LogP contribution in [0.1, 0.15) is 78.7 Å². The maximum atomic E-state index is 12.6. The number of amides is 1. The zero-order valence-corrected chi connectivity index (χ0v) is 19.5. The van der Waals surface area contributed by atoms with Crippen molar-refractivity contribution in [2.75, 3.05) is 13.1 Å². The Morgan fingerprint density at radius 3 is 2.04 bits per heavy atom. The van der Waals surface area contributed by atoms with Crippen molar-refractivity contribution in [1.82, 2.24) is 4.90 Å². The molecule has 28 heavy (non-hydrogen) atoms. The third-order valence-electron chi connectivity index (χ3n) is 4.72. The molecule has 0 saturated heterocycles. The molecule has 0 aliphatic rings. The first kappa shape index (κ1) is 24.9. The summed E-state index contributed by atoms with van der Waals surface area (Å²) >= 11 is 0. The standard InChI is InChI=1S/C24H40NO2P/c1-6-7-8-9-10-11-12-22-13-15-23(16-14-22)28(27)19-24(26)25(17-20(2)3)18-21(4)5/h13-16,19-21H,6-12,17-18H2,1-5H3. The molecule has 1 atom stereocenters. The summed E-state index contributed by atoms with van der Waals surface area (Å²) in [5, 5.41) is 0.740. The second-order valence-corrected chi connectivity index (χ2v) is 10.1. The van der Waals surface area contributed by atoms with Gasteiger partial charge in [-0.05, 0) is 42.4 Å². The molecule has 4 heteroatoms. The smallest absolute Gasteiger partial charge is 0.288 e. The molecule has 0 radical (unpaired) electrons. The number of hydrogen-bond acceptors (Lipinski definition) is 2. The lowest BCUT2D eigenvalue weighted by Crippen LogP contribution is -2.38. The number of hydrogen-bond donors (Lipinski definition) is 0. The zero-order chi connectivity index (χ0) is 20.9. The van der Waals surface area contributed by atoms with E-state index in [0.717, 1.165) is 11.7 Å². The van der Waals surface area contributed by atoms with E-state index in [0.29, 0.717) is 24.9 Å². The van der Waals surface area contributed by atoms with Crippen molar-refractivity contribution in [3.8, 4) is 0 Å². The van der Waals surface area contributed by atoms with E-state index in [1.807, 2.05) is 17.0 Å². The number of unbranched alkanes of at least 4 members (excludes halogenated alkanes) is 5. The maximum Gasteiger partial charge on any atom is 0.288 e. The van der Waals surface area contributed by atoms with Crippen LogP contribution in [0.4, 0.5) is 0 Å². The minimum Gasteiger partial charge on any atom is -0.626 e. The van der Waals surface area contributed by atoms with Crippen LogP contribution < -0.4 is 10.2 Å². The SMILES string of the molecule is CCCCCCCCc1ccc(/[P+]([O-])=C/C(=O)N(CC(C)C)CC(C)C)cc1. The Morgan fingerprint density at radius 1 is 0.964 bits per heavy atom. The molecular weight excluding hydrogens is 365 g/mol. The number of nitrogens with zero attached hydrogens (tertiary/aromatic N) is 1. The van der Waals surface area contributed by atoms with Crippen LogP contribution in [0, 0.1) is 11.8 Å². The van der Waals surface area contributed by atoms with Crippen LogP contribution in [0.15, 0.2) is 24.3 Å². The lowest BCUT2D eigenvalue weighted by atomic mass is 10.1. The van der Waals surface area contributed by atoms with E-state index < -0.39 is 7.77 Å². The first-order chi connectivity index (χ1) is 13.3. The predicted octanol–water partition coefficient (Wildman–Crippen LogP) is 4.91. The van der Waals surface area contributed by atoms with Crippen molar-refractivity contribution in [3.63, 3.8) is 0 Å². The Morgan fingerprint density at radius 2 is 1.50 bits per heavy atom. The van der Waals surface area contributed by atoms with E-state index in [2.05, 4.69) is 46.8 Å². The summed E-state index contributed by atoms with van der Waals surface area (Å²) in [6.45, 7) is 12.0. The van der Waals surface area contributed by atoms with Gasteiger partial charge in [0.15, 0.2) is 5.80 Å². The molecule has 0 aromatic heterocycles. The highest BCUT2D eigenvalue weighted by Gasteiger charge is 2.17. The summed E-state index contributed by atoms with van der Waals surface area (Å²) in [7, 11) is -1.80. The summed E-state index contributed by atoms with van der Waals surface area (Å²) < 4.78 is 0. The molecule has 1 aromatic rings. The van der Waals surface area contributed by atoms with Crippen LogP contribution in [-0.2, 0) is 11.2 Å². The van der Waals surface area contributed by atoms with Crippen LogP contribution in [0.2, 0.25) is 0 Å². The van der Waals surface area contributed by atoms with Crippen molar-refractivity contribution in [1.29, 1.82) is 0 Å². The molecule has 1 rings (SSSR count). The van der Waals surface area contributed by atoms with Crippen LogP contribution in [-0.4, -0.2) is 29.7 Å². The van der Waals surface area contributed by atoms with Gasteiger partial charge in [-0.2, -0.15) is 0 Å². The normalized spacial score (nSPS) is 12.1. The number of rotatable bonds is 13. The third kappa shape index (κ3) is 10.4. The molecule has 0 bridgehead atoms. The van der Waals surface area contributed by atoms with E-state index in [-0.39, 0.29) is 5.91 Å². The molecule has 1 aromatic carbocycles. The van der Waals surface area contributed by atoms with Crippen molar-refractivity contribution in [2.45, 2.75) is 79.6 Å². The second-order valence-electron chi connectivity index (χ2n) is 8.67.